The number of amides is 1. The second-order valence-electron chi connectivity index (χ2n) is 3.92. The highest BCUT2D eigenvalue weighted by atomic mass is 79.9. The lowest BCUT2D eigenvalue weighted by molar-refractivity contribution is -0.141. The summed E-state index contributed by atoms with van der Waals surface area (Å²) in [6, 6.07) is 1.56. The van der Waals surface area contributed by atoms with Crippen LogP contribution < -0.4 is 0 Å². The third kappa shape index (κ3) is 3.68. The summed E-state index contributed by atoms with van der Waals surface area (Å²) in [4.78, 5) is 28.0. The molecule has 0 aliphatic rings. The summed E-state index contributed by atoms with van der Waals surface area (Å²) in [5.74, 6) is -1.95. The van der Waals surface area contributed by atoms with Gasteiger partial charge in [0, 0.05) is 24.3 Å². The Morgan fingerprint density at radius 2 is 2.22 bits per heavy atom. The number of hydrogen-bond acceptors (Lipinski definition) is 3. The van der Waals surface area contributed by atoms with Crippen molar-refractivity contribution in [2.24, 2.45) is 5.92 Å². The van der Waals surface area contributed by atoms with Crippen LogP contribution >= 0.6 is 27.5 Å². The number of carbonyl (C=O) groups excluding carboxylic acids is 1. The molecule has 0 bridgehead atoms. The van der Waals surface area contributed by atoms with Gasteiger partial charge < -0.3 is 10.0 Å². The Hall–Kier alpha value is -1.14. The normalized spacial score (nSPS) is 12.0. The lowest BCUT2D eigenvalue weighted by Gasteiger charge is -2.19. The van der Waals surface area contributed by atoms with Crippen molar-refractivity contribution in [2.45, 2.75) is 6.92 Å². The number of pyridine rings is 1. The molecule has 0 radical (unpaired) electrons. The summed E-state index contributed by atoms with van der Waals surface area (Å²) in [6.07, 6.45) is 1.49. The maximum absolute atomic E-state index is 12.1. The Bertz CT molecular complexity index is 481. The predicted octanol–water partition coefficient (Wildman–Crippen LogP) is 2.29. The number of hydrogen-bond donors (Lipinski definition) is 1. The van der Waals surface area contributed by atoms with E-state index in [4.69, 9.17) is 16.7 Å². The van der Waals surface area contributed by atoms with Crippen LogP contribution in [0, 0.1) is 5.92 Å². The van der Waals surface area contributed by atoms with Crippen LogP contribution in [0.25, 0.3) is 0 Å². The van der Waals surface area contributed by atoms with E-state index in [0.717, 1.165) is 0 Å². The molecule has 0 spiro atoms. The first-order chi connectivity index (χ1) is 8.32. The van der Waals surface area contributed by atoms with Crippen LogP contribution in [0.15, 0.2) is 16.7 Å². The SMILES string of the molecule is CC(CN(C)C(=O)c1cc(Br)cnc1Cl)C(=O)O. The van der Waals surface area contributed by atoms with Crippen molar-refractivity contribution in [3.8, 4) is 0 Å². The van der Waals surface area contributed by atoms with Crippen LogP contribution in [0.4, 0.5) is 0 Å². The quantitative estimate of drug-likeness (QED) is 0.857. The van der Waals surface area contributed by atoms with E-state index in [1.165, 1.54) is 25.1 Å². The molecule has 0 aliphatic heterocycles. The Balaban J connectivity index is 2.86. The standard InChI is InChI=1S/C11H12BrClN2O3/c1-6(11(17)18)5-15(2)10(16)8-3-7(12)4-14-9(8)13/h3-4,6H,5H2,1-2H3,(H,17,18). The fraction of sp³-hybridized carbons (Fsp3) is 0.364. The maximum atomic E-state index is 12.1. The van der Waals surface area contributed by atoms with Gasteiger partial charge in [-0.05, 0) is 22.0 Å². The average molecular weight is 336 g/mol. The molecule has 0 saturated carbocycles. The van der Waals surface area contributed by atoms with Crippen molar-refractivity contribution in [1.29, 1.82) is 0 Å². The average Bonchev–Trinajstić information content (AvgIpc) is 2.31. The number of rotatable bonds is 4. The number of halogens is 2. The van der Waals surface area contributed by atoms with Crippen molar-refractivity contribution in [2.75, 3.05) is 13.6 Å². The van der Waals surface area contributed by atoms with Gasteiger partial charge in [0.1, 0.15) is 5.15 Å². The van der Waals surface area contributed by atoms with Gasteiger partial charge in [0.2, 0.25) is 0 Å². The first kappa shape index (κ1) is 14.9. The molecule has 1 aromatic heterocycles. The Labute approximate surface area is 118 Å². The molecule has 7 heteroatoms. The lowest BCUT2D eigenvalue weighted by atomic mass is 10.1. The molecule has 0 saturated heterocycles. The minimum absolute atomic E-state index is 0.0954. The third-order valence-electron chi connectivity index (χ3n) is 2.35. The van der Waals surface area contributed by atoms with E-state index in [1.54, 1.807) is 6.07 Å². The summed E-state index contributed by atoms with van der Waals surface area (Å²) in [6.45, 7) is 1.64. The second kappa shape index (κ2) is 6.15. The zero-order chi connectivity index (χ0) is 13.9. The van der Waals surface area contributed by atoms with Crippen LogP contribution in [0.3, 0.4) is 0 Å². The second-order valence-corrected chi connectivity index (χ2v) is 5.19. The number of carboxylic acid groups (broad SMARTS) is 1. The summed E-state index contributed by atoms with van der Waals surface area (Å²) in [5.41, 5.74) is 0.242. The lowest BCUT2D eigenvalue weighted by Crippen LogP contribution is -2.33. The van der Waals surface area contributed by atoms with E-state index in [9.17, 15) is 9.59 Å². The molecule has 0 aromatic carbocycles. The van der Waals surface area contributed by atoms with Gasteiger partial charge in [0.25, 0.3) is 5.91 Å². The van der Waals surface area contributed by atoms with Gasteiger partial charge in [-0.2, -0.15) is 0 Å². The Morgan fingerprint density at radius 3 is 2.78 bits per heavy atom. The van der Waals surface area contributed by atoms with Gasteiger partial charge >= 0.3 is 5.97 Å². The fourth-order valence-electron chi connectivity index (χ4n) is 1.35. The van der Waals surface area contributed by atoms with E-state index >= 15 is 0 Å². The molecule has 1 atom stereocenters. The number of carbonyl (C=O) groups is 2. The topological polar surface area (TPSA) is 70.5 Å². The van der Waals surface area contributed by atoms with Gasteiger partial charge in [-0.25, -0.2) is 4.98 Å². The number of carboxylic acids is 1. The van der Waals surface area contributed by atoms with E-state index in [2.05, 4.69) is 20.9 Å². The van der Waals surface area contributed by atoms with Crippen molar-refractivity contribution in [3.63, 3.8) is 0 Å². The molecule has 98 valence electrons. The van der Waals surface area contributed by atoms with Crippen LogP contribution in [0.2, 0.25) is 5.15 Å². The molecule has 1 unspecified atom stereocenters. The zero-order valence-corrected chi connectivity index (χ0v) is 12.2. The third-order valence-corrected chi connectivity index (χ3v) is 3.09. The highest BCUT2D eigenvalue weighted by Crippen LogP contribution is 2.19. The van der Waals surface area contributed by atoms with E-state index in [1.807, 2.05) is 0 Å². The number of aromatic nitrogens is 1. The van der Waals surface area contributed by atoms with Gasteiger partial charge in [0.15, 0.2) is 0 Å². The smallest absolute Gasteiger partial charge is 0.308 e. The molecule has 0 fully saturated rings. The molecule has 1 N–H and O–H groups in total. The number of nitrogens with zero attached hydrogens (tertiary/aromatic N) is 2. The van der Waals surface area contributed by atoms with Crippen LogP contribution in [0.1, 0.15) is 17.3 Å². The molecule has 1 heterocycles. The molecule has 0 aliphatic carbocycles. The van der Waals surface area contributed by atoms with E-state index in [0.29, 0.717) is 4.47 Å². The molecular weight excluding hydrogens is 323 g/mol. The van der Waals surface area contributed by atoms with Crippen molar-refractivity contribution < 1.29 is 14.7 Å². The van der Waals surface area contributed by atoms with Crippen LogP contribution in [0.5, 0.6) is 0 Å². The fourth-order valence-corrected chi connectivity index (χ4v) is 1.87. The van der Waals surface area contributed by atoms with Crippen LogP contribution in [-0.4, -0.2) is 40.5 Å². The van der Waals surface area contributed by atoms with Gasteiger partial charge in [-0.1, -0.05) is 18.5 Å². The summed E-state index contributed by atoms with van der Waals surface area (Å²) >= 11 is 9.04. The Kier molecular flexibility index (Phi) is 5.10. The van der Waals surface area contributed by atoms with Crippen molar-refractivity contribution >= 4 is 39.4 Å². The first-order valence-electron chi connectivity index (χ1n) is 5.12. The predicted molar refractivity (Wildman–Crippen MR) is 70.7 cm³/mol. The zero-order valence-electron chi connectivity index (χ0n) is 9.85. The highest BCUT2D eigenvalue weighted by Gasteiger charge is 2.20. The van der Waals surface area contributed by atoms with Crippen molar-refractivity contribution in [3.05, 3.63) is 27.5 Å². The molecule has 1 amide bonds. The number of aliphatic carboxylic acids is 1. The minimum atomic E-state index is -0.951. The summed E-state index contributed by atoms with van der Waals surface area (Å²) < 4.78 is 0.634. The van der Waals surface area contributed by atoms with Gasteiger partial charge in [-0.15, -0.1) is 0 Å². The minimum Gasteiger partial charge on any atom is -0.481 e. The molecular formula is C11H12BrClN2O3. The molecule has 1 aromatic rings. The maximum Gasteiger partial charge on any atom is 0.308 e. The van der Waals surface area contributed by atoms with Gasteiger partial charge in [-0.3, -0.25) is 9.59 Å². The van der Waals surface area contributed by atoms with E-state index < -0.39 is 11.9 Å². The first-order valence-corrected chi connectivity index (χ1v) is 6.29. The molecule has 5 nitrogen and oxygen atoms in total. The summed E-state index contributed by atoms with van der Waals surface area (Å²) in [5, 5.41) is 8.89. The van der Waals surface area contributed by atoms with Crippen LogP contribution in [-0.2, 0) is 4.79 Å². The molecule has 18 heavy (non-hydrogen) atoms. The van der Waals surface area contributed by atoms with Gasteiger partial charge in [0.05, 0.1) is 11.5 Å². The molecule has 1 rings (SSSR count). The monoisotopic (exact) mass is 334 g/mol. The Morgan fingerprint density at radius 1 is 1.61 bits per heavy atom. The van der Waals surface area contributed by atoms with Crippen molar-refractivity contribution in [1.82, 2.24) is 9.88 Å². The summed E-state index contributed by atoms with van der Waals surface area (Å²) in [7, 11) is 1.53. The van der Waals surface area contributed by atoms with E-state index in [-0.39, 0.29) is 23.2 Å². The highest BCUT2D eigenvalue weighted by molar-refractivity contribution is 9.10. The largest absolute Gasteiger partial charge is 0.481 e.